The Kier molecular flexibility index (Phi) is 3.36. The zero-order chi connectivity index (χ0) is 12.1. The fraction of sp³-hybridized carbons (Fsp3) is 0. The van der Waals surface area contributed by atoms with E-state index < -0.39 is 5.97 Å². The quantitative estimate of drug-likeness (QED) is 0.737. The summed E-state index contributed by atoms with van der Waals surface area (Å²) in [5, 5.41) is 10.8. The van der Waals surface area contributed by atoms with Gasteiger partial charge in [0.2, 0.25) is 0 Å². The first kappa shape index (κ1) is 11.1. The zero-order valence-corrected chi connectivity index (χ0v) is 9.17. The molecule has 2 heteroatoms. The molecule has 0 atom stereocenters. The molecular weight excluding hydrogens is 212 g/mol. The van der Waals surface area contributed by atoms with E-state index >= 15 is 0 Å². The van der Waals surface area contributed by atoms with Crippen molar-refractivity contribution in [2.24, 2.45) is 0 Å². The predicted octanol–water partition coefficient (Wildman–Crippen LogP) is 3.08. The summed E-state index contributed by atoms with van der Waals surface area (Å²) in [5.41, 5.74) is 2.39. The van der Waals surface area contributed by atoms with E-state index in [0.717, 1.165) is 17.2 Å². The largest absolute Gasteiger partial charge is 0.379 e. The molecule has 0 heterocycles. The van der Waals surface area contributed by atoms with Crippen LogP contribution in [0.4, 0.5) is 0 Å². The molecule has 2 rings (SSSR count). The minimum absolute atomic E-state index is 0.659. The fourth-order valence-corrected chi connectivity index (χ4v) is 1.69. The first-order chi connectivity index (χ1) is 8.27. The molecule has 0 fully saturated rings. The van der Waals surface area contributed by atoms with Crippen LogP contribution in [0.15, 0.2) is 66.7 Å². The Labute approximate surface area is 99.8 Å². The molecule has 0 saturated heterocycles. The van der Waals surface area contributed by atoms with E-state index in [1.165, 1.54) is 0 Å². The van der Waals surface area contributed by atoms with Crippen molar-refractivity contribution in [1.29, 1.82) is 0 Å². The Morgan fingerprint density at radius 3 is 1.53 bits per heavy atom. The zero-order valence-electron chi connectivity index (χ0n) is 9.17. The summed E-state index contributed by atoms with van der Waals surface area (Å²) in [6.07, 6.45) is 1.13. The minimum Gasteiger partial charge on any atom is -0.242 e. The lowest BCUT2D eigenvalue weighted by atomic mass is 9.98. The summed E-state index contributed by atoms with van der Waals surface area (Å²) in [4.78, 5) is 10.8. The number of rotatable bonds is 3. The van der Waals surface area contributed by atoms with E-state index in [1.54, 1.807) is 0 Å². The van der Waals surface area contributed by atoms with E-state index in [2.05, 4.69) is 0 Å². The van der Waals surface area contributed by atoms with Crippen LogP contribution >= 0.6 is 0 Å². The summed E-state index contributed by atoms with van der Waals surface area (Å²) in [6, 6.07) is 18.8. The smallest absolute Gasteiger partial charge is 0.242 e. The summed E-state index contributed by atoms with van der Waals surface area (Å²) in [5.74, 6) is -1.19. The van der Waals surface area contributed by atoms with Gasteiger partial charge in [-0.05, 0) is 16.7 Å². The van der Waals surface area contributed by atoms with Crippen LogP contribution in [0.2, 0.25) is 0 Å². The van der Waals surface area contributed by atoms with Crippen LogP contribution in [0.25, 0.3) is 5.57 Å². The van der Waals surface area contributed by atoms with Crippen LogP contribution in [-0.2, 0) is 9.90 Å². The van der Waals surface area contributed by atoms with Gasteiger partial charge in [-0.15, -0.1) is 0 Å². The number of benzene rings is 2. The maximum Gasteiger partial charge on any atom is 0.379 e. The lowest BCUT2D eigenvalue weighted by Gasteiger charge is -2.06. The molecule has 0 aliphatic heterocycles. The molecule has 2 nitrogen and oxygen atoms in total. The van der Waals surface area contributed by atoms with Gasteiger partial charge in [0.05, 0.1) is 0 Å². The molecule has 83 valence electrons. The van der Waals surface area contributed by atoms with E-state index in [1.807, 2.05) is 60.7 Å². The first-order valence-corrected chi connectivity index (χ1v) is 5.31. The SMILES string of the molecule is [O]C(=O)C=C(c1ccccc1)c1ccccc1. The number of carbonyl (C=O) groups is 1. The van der Waals surface area contributed by atoms with Crippen LogP contribution in [0.5, 0.6) is 0 Å². The first-order valence-electron chi connectivity index (χ1n) is 5.31. The van der Waals surface area contributed by atoms with E-state index in [9.17, 15) is 9.90 Å². The normalized spacial score (nSPS) is 9.65. The second-order valence-corrected chi connectivity index (χ2v) is 3.61. The van der Waals surface area contributed by atoms with Gasteiger partial charge in [-0.3, -0.25) is 0 Å². The van der Waals surface area contributed by atoms with E-state index in [4.69, 9.17) is 0 Å². The molecule has 0 aliphatic carbocycles. The number of carbonyl (C=O) groups excluding carboxylic acids is 1. The molecule has 1 radical (unpaired) electrons. The Morgan fingerprint density at radius 1 is 0.765 bits per heavy atom. The van der Waals surface area contributed by atoms with Gasteiger partial charge in [0.15, 0.2) is 0 Å². The monoisotopic (exact) mass is 223 g/mol. The molecule has 2 aromatic rings. The number of hydrogen-bond acceptors (Lipinski definition) is 1. The average Bonchev–Trinajstić information content (AvgIpc) is 2.38. The molecule has 0 unspecified atom stereocenters. The van der Waals surface area contributed by atoms with Gasteiger partial charge in [0.25, 0.3) is 0 Å². The average molecular weight is 223 g/mol. The molecule has 0 aliphatic rings. The Balaban J connectivity index is 2.51. The summed E-state index contributed by atoms with van der Waals surface area (Å²) >= 11 is 0. The second-order valence-electron chi connectivity index (χ2n) is 3.61. The van der Waals surface area contributed by atoms with Crippen molar-refractivity contribution in [1.82, 2.24) is 0 Å². The summed E-state index contributed by atoms with van der Waals surface area (Å²) in [7, 11) is 0. The Bertz CT molecular complexity index is 486. The third-order valence-corrected chi connectivity index (χ3v) is 2.43. The van der Waals surface area contributed by atoms with Crippen LogP contribution in [0.1, 0.15) is 11.1 Å². The highest BCUT2D eigenvalue weighted by molar-refractivity contribution is 5.95. The third-order valence-electron chi connectivity index (χ3n) is 2.43. The lowest BCUT2D eigenvalue weighted by Crippen LogP contribution is -1.93. The molecule has 0 N–H and O–H groups in total. The minimum atomic E-state index is -1.19. The van der Waals surface area contributed by atoms with Gasteiger partial charge in [0.1, 0.15) is 0 Å². The van der Waals surface area contributed by atoms with Crippen molar-refractivity contribution in [2.45, 2.75) is 0 Å². The molecule has 0 bridgehead atoms. The number of hydrogen-bond donors (Lipinski definition) is 0. The highest BCUT2D eigenvalue weighted by atomic mass is 16.4. The van der Waals surface area contributed by atoms with E-state index in [0.29, 0.717) is 5.57 Å². The summed E-state index contributed by atoms with van der Waals surface area (Å²) in [6.45, 7) is 0. The topological polar surface area (TPSA) is 37.0 Å². The molecule has 2 aromatic carbocycles. The van der Waals surface area contributed by atoms with Crippen molar-refractivity contribution in [3.63, 3.8) is 0 Å². The highest BCUT2D eigenvalue weighted by Gasteiger charge is 2.06. The molecule has 17 heavy (non-hydrogen) atoms. The Morgan fingerprint density at radius 2 is 1.18 bits per heavy atom. The van der Waals surface area contributed by atoms with Gasteiger partial charge < -0.3 is 0 Å². The highest BCUT2D eigenvalue weighted by Crippen LogP contribution is 2.22. The van der Waals surface area contributed by atoms with Crippen LogP contribution < -0.4 is 0 Å². The summed E-state index contributed by atoms with van der Waals surface area (Å²) < 4.78 is 0. The van der Waals surface area contributed by atoms with Crippen molar-refractivity contribution < 1.29 is 9.90 Å². The second kappa shape index (κ2) is 5.12. The molecular formula is C15H11O2. The van der Waals surface area contributed by atoms with E-state index in [-0.39, 0.29) is 0 Å². The molecule has 0 aromatic heterocycles. The van der Waals surface area contributed by atoms with Crippen LogP contribution in [-0.4, -0.2) is 5.97 Å². The maximum absolute atomic E-state index is 10.8. The van der Waals surface area contributed by atoms with Crippen molar-refractivity contribution in [3.8, 4) is 0 Å². The van der Waals surface area contributed by atoms with Gasteiger partial charge in [-0.1, -0.05) is 60.7 Å². The van der Waals surface area contributed by atoms with Gasteiger partial charge in [-0.25, -0.2) is 9.90 Å². The third kappa shape index (κ3) is 2.82. The van der Waals surface area contributed by atoms with Crippen LogP contribution in [0.3, 0.4) is 0 Å². The standard InChI is InChI=1S/C15H11O2/c16-15(17)11-14(12-7-3-1-4-8-12)13-9-5-2-6-10-13/h1-11H. The predicted molar refractivity (Wildman–Crippen MR) is 65.7 cm³/mol. The fourth-order valence-electron chi connectivity index (χ4n) is 1.69. The van der Waals surface area contributed by atoms with Gasteiger partial charge in [0, 0.05) is 6.08 Å². The molecule has 0 spiro atoms. The van der Waals surface area contributed by atoms with Crippen LogP contribution in [0, 0.1) is 0 Å². The lowest BCUT2D eigenvalue weighted by molar-refractivity contribution is -0.137. The van der Waals surface area contributed by atoms with Crippen molar-refractivity contribution >= 4 is 11.5 Å². The van der Waals surface area contributed by atoms with Crippen molar-refractivity contribution in [2.75, 3.05) is 0 Å². The van der Waals surface area contributed by atoms with Gasteiger partial charge in [-0.2, -0.15) is 0 Å². The molecule has 0 amide bonds. The van der Waals surface area contributed by atoms with Gasteiger partial charge >= 0.3 is 5.97 Å². The molecule has 0 saturated carbocycles. The Hall–Kier alpha value is -2.35. The maximum atomic E-state index is 10.8. The van der Waals surface area contributed by atoms with Crippen molar-refractivity contribution in [3.05, 3.63) is 77.9 Å².